The van der Waals surface area contributed by atoms with E-state index in [9.17, 15) is 5.11 Å². The highest BCUT2D eigenvalue weighted by Crippen LogP contribution is 2.35. The van der Waals surface area contributed by atoms with Gasteiger partial charge in [-0.25, -0.2) is 0 Å². The molecule has 2 rings (SSSR count). The number of nitrogens with zero attached hydrogens (tertiary/aromatic N) is 1. The zero-order valence-corrected chi connectivity index (χ0v) is 9.42. The number of phenolic OH excluding ortho intramolecular Hbond substituents is 1. The summed E-state index contributed by atoms with van der Waals surface area (Å²) in [4.78, 5) is 4.47. The Labute approximate surface area is 93.4 Å². The molecule has 0 aromatic heterocycles. The Balaban J connectivity index is 2.41. The molecule has 0 aliphatic carbocycles. The van der Waals surface area contributed by atoms with Crippen molar-refractivity contribution in [1.29, 1.82) is 0 Å². The molecule has 0 amide bonds. The van der Waals surface area contributed by atoms with Crippen LogP contribution >= 0.6 is 11.8 Å². The van der Waals surface area contributed by atoms with Gasteiger partial charge < -0.3 is 10.8 Å². The first kappa shape index (κ1) is 10.4. The van der Waals surface area contributed by atoms with E-state index in [0.717, 1.165) is 17.7 Å². The minimum absolute atomic E-state index is 0.278. The molecule has 0 saturated carbocycles. The second-order valence-electron chi connectivity index (χ2n) is 3.87. The highest BCUT2D eigenvalue weighted by atomic mass is 32.2. The third-order valence-corrected chi connectivity index (χ3v) is 3.46. The van der Waals surface area contributed by atoms with Crippen LogP contribution in [0.1, 0.15) is 18.9 Å². The maximum absolute atomic E-state index is 9.44. The van der Waals surface area contributed by atoms with Crippen LogP contribution in [0.5, 0.6) is 5.75 Å². The van der Waals surface area contributed by atoms with Gasteiger partial charge in [0.1, 0.15) is 5.75 Å². The summed E-state index contributed by atoms with van der Waals surface area (Å²) in [7, 11) is 0. The maximum atomic E-state index is 9.44. The summed E-state index contributed by atoms with van der Waals surface area (Å²) in [5.41, 5.74) is 6.47. The summed E-state index contributed by atoms with van der Waals surface area (Å²) in [5.74, 6) is 1.25. The fraction of sp³-hybridized carbons (Fsp3) is 0.364. The fourth-order valence-corrected chi connectivity index (χ4v) is 2.71. The Kier molecular flexibility index (Phi) is 2.61. The van der Waals surface area contributed by atoms with Crippen molar-refractivity contribution in [3.63, 3.8) is 0 Å². The molecule has 0 spiro atoms. The molecule has 0 saturated heterocycles. The van der Waals surface area contributed by atoms with Crippen LogP contribution in [0, 0.1) is 0 Å². The van der Waals surface area contributed by atoms with E-state index in [1.165, 1.54) is 0 Å². The largest absolute Gasteiger partial charge is 0.508 e. The summed E-state index contributed by atoms with van der Waals surface area (Å²) >= 11 is 1.58. The lowest BCUT2D eigenvalue weighted by Crippen LogP contribution is -2.28. The lowest BCUT2D eigenvalue weighted by molar-refractivity contribution is 0.457. The van der Waals surface area contributed by atoms with Gasteiger partial charge in [-0.05, 0) is 31.0 Å². The van der Waals surface area contributed by atoms with Crippen molar-refractivity contribution >= 4 is 16.9 Å². The van der Waals surface area contributed by atoms with Crippen molar-refractivity contribution in [3.8, 4) is 5.75 Å². The molecule has 0 fully saturated rings. The van der Waals surface area contributed by atoms with E-state index in [4.69, 9.17) is 5.73 Å². The number of thioether (sulfide) groups is 1. The maximum Gasteiger partial charge on any atom is 0.154 e. The molecule has 4 heteroatoms. The lowest BCUT2D eigenvalue weighted by atomic mass is 9.90. The van der Waals surface area contributed by atoms with Gasteiger partial charge in [-0.15, -0.1) is 0 Å². The van der Waals surface area contributed by atoms with Crippen molar-refractivity contribution in [2.24, 2.45) is 10.7 Å². The van der Waals surface area contributed by atoms with Crippen LogP contribution < -0.4 is 5.73 Å². The van der Waals surface area contributed by atoms with Crippen molar-refractivity contribution in [2.45, 2.75) is 18.9 Å². The summed E-state index contributed by atoms with van der Waals surface area (Å²) < 4.78 is 0. The summed E-state index contributed by atoms with van der Waals surface area (Å²) in [6.45, 7) is 2.05. The molecule has 1 heterocycles. The number of aliphatic imine (C=N–C) groups is 1. The minimum Gasteiger partial charge on any atom is -0.508 e. The number of hydrogen-bond acceptors (Lipinski definition) is 4. The molecular weight excluding hydrogens is 208 g/mol. The highest BCUT2D eigenvalue weighted by molar-refractivity contribution is 8.13. The highest BCUT2D eigenvalue weighted by Gasteiger charge is 2.29. The molecule has 1 aromatic rings. The van der Waals surface area contributed by atoms with E-state index in [0.29, 0.717) is 5.17 Å². The third kappa shape index (κ3) is 2.09. The summed E-state index contributed by atoms with van der Waals surface area (Å²) in [6, 6.07) is 7.24. The summed E-state index contributed by atoms with van der Waals surface area (Å²) in [6.07, 6.45) is 0.946. The van der Waals surface area contributed by atoms with Crippen LogP contribution in [0.4, 0.5) is 0 Å². The molecule has 0 bridgehead atoms. The van der Waals surface area contributed by atoms with Crippen LogP contribution in [0.15, 0.2) is 29.3 Å². The first-order valence-electron chi connectivity index (χ1n) is 4.88. The second-order valence-corrected chi connectivity index (χ2v) is 4.99. The quantitative estimate of drug-likeness (QED) is 0.764. The van der Waals surface area contributed by atoms with E-state index in [-0.39, 0.29) is 11.3 Å². The number of phenols is 1. The van der Waals surface area contributed by atoms with Gasteiger partial charge in [0.25, 0.3) is 0 Å². The predicted octanol–water partition coefficient (Wildman–Crippen LogP) is 2.06. The lowest BCUT2D eigenvalue weighted by Gasteiger charge is -2.29. The average Bonchev–Trinajstić information content (AvgIpc) is 2.17. The molecule has 1 aliphatic rings. The standard InChI is InChI=1S/C11H14N2OS/c1-11(5-6-15-10(12)13-11)8-3-2-4-9(14)7-8/h2-4,7,14H,5-6H2,1H3,(H2,12,13). The zero-order valence-electron chi connectivity index (χ0n) is 8.60. The molecule has 1 aliphatic heterocycles. The van der Waals surface area contributed by atoms with E-state index in [2.05, 4.69) is 4.99 Å². The van der Waals surface area contributed by atoms with Crippen LogP contribution in [-0.4, -0.2) is 16.0 Å². The molecule has 1 aromatic carbocycles. The molecule has 1 unspecified atom stereocenters. The van der Waals surface area contributed by atoms with Crippen molar-refractivity contribution < 1.29 is 5.11 Å². The minimum atomic E-state index is -0.284. The van der Waals surface area contributed by atoms with E-state index >= 15 is 0 Å². The Hall–Kier alpha value is -1.16. The van der Waals surface area contributed by atoms with Gasteiger partial charge in [0.15, 0.2) is 5.17 Å². The van der Waals surface area contributed by atoms with Crippen LogP contribution in [-0.2, 0) is 5.54 Å². The Bertz CT molecular complexity index is 405. The number of rotatable bonds is 1. The first-order chi connectivity index (χ1) is 7.10. The Morgan fingerprint density at radius 3 is 3.00 bits per heavy atom. The van der Waals surface area contributed by atoms with Crippen LogP contribution in [0.3, 0.4) is 0 Å². The van der Waals surface area contributed by atoms with Gasteiger partial charge in [0.05, 0.1) is 5.54 Å². The zero-order chi connectivity index (χ0) is 10.9. The van der Waals surface area contributed by atoms with Crippen LogP contribution in [0.2, 0.25) is 0 Å². The third-order valence-electron chi connectivity index (χ3n) is 2.66. The molecule has 3 N–H and O–H groups in total. The molecular formula is C11H14N2OS. The molecule has 15 heavy (non-hydrogen) atoms. The Morgan fingerprint density at radius 1 is 1.53 bits per heavy atom. The smallest absolute Gasteiger partial charge is 0.154 e. The van der Waals surface area contributed by atoms with Crippen molar-refractivity contribution in [3.05, 3.63) is 29.8 Å². The van der Waals surface area contributed by atoms with Crippen molar-refractivity contribution in [2.75, 3.05) is 5.75 Å². The Morgan fingerprint density at radius 2 is 2.33 bits per heavy atom. The SMILES string of the molecule is CC1(c2cccc(O)c2)CCSC(N)=N1. The molecule has 1 atom stereocenters. The van der Waals surface area contributed by atoms with Gasteiger partial charge >= 0.3 is 0 Å². The van der Waals surface area contributed by atoms with Gasteiger partial charge in [0, 0.05) is 5.75 Å². The fourth-order valence-electron chi connectivity index (χ4n) is 1.74. The van der Waals surface area contributed by atoms with Gasteiger partial charge in [0.2, 0.25) is 0 Å². The average molecular weight is 222 g/mol. The van der Waals surface area contributed by atoms with Crippen molar-refractivity contribution in [1.82, 2.24) is 0 Å². The number of aromatic hydroxyl groups is 1. The number of amidine groups is 1. The van der Waals surface area contributed by atoms with Gasteiger partial charge in [-0.3, -0.25) is 4.99 Å². The van der Waals surface area contributed by atoms with Crippen LogP contribution in [0.25, 0.3) is 0 Å². The number of hydrogen-bond donors (Lipinski definition) is 2. The molecule has 80 valence electrons. The molecule has 0 radical (unpaired) electrons. The van der Waals surface area contributed by atoms with E-state index in [1.807, 2.05) is 19.1 Å². The van der Waals surface area contributed by atoms with Gasteiger partial charge in [-0.2, -0.15) is 0 Å². The first-order valence-corrected chi connectivity index (χ1v) is 5.86. The molecule has 3 nitrogen and oxygen atoms in total. The number of nitrogens with two attached hydrogens (primary N) is 1. The number of benzene rings is 1. The second kappa shape index (κ2) is 3.77. The monoisotopic (exact) mass is 222 g/mol. The topological polar surface area (TPSA) is 58.6 Å². The normalized spacial score (nSPS) is 26.1. The summed E-state index contributed by atoms with van der Waals surface area (Å²) in [5, 5.41) is 10.1. The van der Waals surface area contributed by atoms with Gasteiger partial charge in [-0.1, -0.05) is 23.9 Å². The van der Waals surface area contributed by atoms with E-state index < -0.39 is 0 Å². The van der Waals surface area contributed by atoms with E-state index in [1.54, 1.807) is 23.9 Å². The predicted molar refractivity (Wildman–Crippen MR) is 64.2 cm³/mol.